The normalized spacial score (nSPS) is 15.2. The van der Waals surface area contributed by atoms with E-state index >= 15 is 0 Å². The van der Waals surface area contributed by atoms with Gasteiger partial charge in [0.2, 0.25) is 0 Å². The molecule has 0 aliphatic heterocycles. The van der Waals surface area contributed by atoms with E-state index in [2.05, 4.69) is 10.5 Å². The molecule has 1 aromatic carbocycles. The number of benzene rings is 1. The fourth-order valence-electron chi connectivity index (χ4n) is 2.47. The third-order valence-electron chi connectivity index (χ3n) is 3.69. The molecule has 0 bridgehead atoms. The standard InChI is InChI=1S/C16H21N3O4/c20-16(18-17-13-8-4-2-1-3-5-9-13)12-23-15-11-7-6-10-14(15)19(21)22/h6-7,10-11H,1-5,8-9,12H2,(H,18,20). The summed E-state index contributed by atoms with van der Waals surface area (Å²) in [6, 6.07) is 5.97. The van der Waals surface area contributed by atoms with Crippen molar-refractivity contribution in [1.29, 1.82) is 0 Å². The lowest BCUT2D eigenvalue weighted by atomic mass is 9.99. The number of nitrogens with one attached hydrogen (secondary N) is 1. The lowest BCUT2D eigenvalue weighted by Crippen LogP contribution is -2.26. The molecular formula is C16H21N3O4. The highest BCUT2D eigenvalue weighted by atomic mass is 16.6. The Labute approximate surface area is 134 Å². The predicted octanol–water partition coefficient (Wildman–Crippen LogP) is 3.19. The first kappa shape index (κ1) is 16.9. The number of ether oxygens (including phenoxy) is 1. The molecule has 0 atom stereocenters. The fourth-order valence-corrected chi connectivity index (χ4v) is 2.47. The summed E-state index contributed by atoms with van der Waals surface area (Å²) in [6.07, 6.45) is 7.68. The molecule has 0 spiro atoms. The van der Waals surface area contributed by atoms with E-state index in [9.17, 15) is 14.9 Å². The van der Waals surface area contributed by atoms with Gasteiger partial charge in [0, 0.05) is 11.8 Å². The highest BCUT2D eigenvalue weighted by molar-refractivity contribution is 5.86. The van der Waals surface area contributed by atoms with Crippen molar-refractivity contribution < 1.29 is 14.5 Å². The third-order valence-corrected chi connectivity index (χ3v) is 3.69. The van der Waals surface area contributed by atoms with Gasteiger partial charge in [0.25, 0.3) is 5.91 Å². The molecule has 0 saturated heterocycles. The van der Waals surface area contributed by atoms with E-state index in [4.69, 9.17) is 4.74 Å². The van der Waals surface area contributed by atoms with Crippen molar-refractivity contribution in [1.82, 2.24) is 5.43 Å². The third kappa shape index (κ3) is 5.69. The number of amides is 1. The van der Waals surface area contributed by atoms with Crippen molar-refractivity contribution in [2.45, 2.75) is 44.9 Å². The molecule has 0 aromatic heterocycles. The van der Waals surface area contributed by atoms with Gasteiger partial charge in [-0.15, -0.1) is 0 Å². The maximum atomic E-state index is 11.8. The highest BCUT2D eigenvalue weighted by Crippen LogP contribution is 2.25. The summed E-state index contributed by atoms with van der Waals surface area (Å²) in [5.41, 5.74) is 3.32. The van der Waals surface area contributed by atoms with Gasteiger partial charge < -0.3 is 4.74 Å². The monoisotopic (exact) mass is 319 g/mol. The average molecular weight is 319 g/mol. The molecule has 1 amide bonds. The number of rotatable bonds is 5. The molecule has 1 fully saturated rings. The van der Waals surface area contributed by atoms with E-state index < -0.39 is 10.8 Å². The van der Waals surface area contributed by atoms with E-state index in [1.54, 1.807) is 12.1 Å². The number of nitrogens with zero attached hydrogens (tertiary/aromatic N) is 2. The molecule has 23 heavy (non-hydrogen) atoms. The summed E-state index contributed by atoms with van der Waals surface area (Å²) in [5.74, 6) is -0.344. The molecule has 2 rings (SSSR count). The van der Waals surface area contributed by atoms with Crippen LogP contribution >= 0.6 is 0 Å². The van der Waals surface area contributed by atoms with Gasteiger partial charge in [0.15, 0.2) is 12.4 Å². The van der Waals surface area contributed by atoms with Crippen LogP contribution in [0.15, 0.2) is 29.4 Å². The van der Waals surface area contributed by atoms with Crippen molar-refractivity contribution >= 4 is 17.3 Å². The Morgan fingerprint density at radius 1 is 1.17 bits per heavy atom. The van der Waals surface area contributed by atoms with Gasteiger partial charge >= 0.3 is 5.69 Å². The second kappa shape index (κ2) is 8.87. The van der Waals surface area contributed by atoms with Crippen LogP contribution in [-0.4, -0.2) is 23.1 Å². The van der Waals surface area contributed by atoms with Gasteiger partial charge in [-0.3, -0.25) is 14.9 Å². The summed E-state index contributed by atoms with van der Waals surface area (Å²) in [6.45, 7) is -0.304. The number of hydrazone groups is 1. The summed E-state index contributed by atoms with van der Waals surface area (Å²) < 4.78 is 5.22. The second-order valence-electron chi connectivity index (χ2n) is 5.49. The highest BCUT2D eigenvalue weighted by Gasteiger charge is 2.14. The zero-order valence-electron chi connectivity index (χ0n) is 13.0. The summed E-state index contributed by atoms with van der Waals surface area (Å²) >= 11 is 0. The summed E-state index contributed by atoms with van der Waals surface area (Å²) in [5, 5.41) is 15.0. The van der Waals surface area contributed by atoms with Gasteiger partial charge in [-0.05, 0) is 31.7 Å². The summed E-state index contributed by atoms with van der Waals surface area (Å²) in [7, 11) is 0. The van der Waals surface area contributed by atoms with Gasteiger partial charge in [0.05, 0.1) is 4.92 Å². The maximum absolute atomic E-state index is 11.8. The van der Waals surface area contributed by atoms with Crippen LogP contribution in [0, 0.1) is 10.1 Å². The van der Waals surface area contributed by atoms with Crippen LogP contribution in [0.5, 0.6) is 5.75 Å². The largest absolute Gasteiger partial charge is 0.477 e. The number of nitro groups is 1. The minimum absolute atomic E-state index is 0.0752. The van der Waals surface area contributed by atoms with Crippen LogP contribution in [0.25, 0.3) is 0 Å². The van der Waals surface area contributed by atoms with E-state index in [0.717, 1.165) is 31.4 Å². The van der Waals surface area contributed by atoms with Gasteiger partial charge in [-0.1, -0.05) is 31.4 Å². The zero-order valence-corrected chi connectivity index (χ0v) is 13.0. The van der Waals surface area contributed by atoms with Crippen LogP contribution in [0.1, 0.15) is 44.9 Å². The SMILES string of the molecule is O=C(COc1ccccc1[N+](=O)[O-])NN=C1CCCCCCC1. The Hall–Kier alpha value is -2.44. The van der Waals surface area contributed by atoms with E-state index in [1.807, 2.05) is 0 Å². The van der Waals surface area contributed by atoms with Gasteiger partial charge in [0.1, 0.15) is 0 Å². The number of hydrogen-bond acceptors (Lipinski definition) is 5. The number of carbonyl (C=O) groups is 1. The molecule has 124 valence electrons. The molecular weight excluding hydrogens is 298 g/mol. The quantitative estimate of drug-likeness (QED) is 0.666. The van der Waals surface area contributed by atoms with Crippen LogP contribution < -0.4 is 10.2 Å². The van der Waals surface area contributed by atoms with Crippen LogP contribution in [-0.2, 0) is 4.79 Å². The number of para-hydroxylation sites is 2. The number of nitro benzene ring substituents is 1. The minimum Gasteiger partial charge on any atom is -0.477 e. The Morgan fingerprint density at radius 3 is 2.52 bits per heavy atom. The predicted molar refractivity (Wildman–Crippen MR) is 86.5 cm³/mol. The molecule has 1 saturated carbocycles. The van der Waals surface area contributed by atoms with Crippen molar-refractivity contribution in [2.75, 3.05) is 6.61 Å². The van der Waals surface area contributed by atoms with Crippen LogP contribution in [0.3, 0.4) is 0 Å². The maximum Gasteiger partial charge on any atom is 0.310 e. The van der Waals surface area contributed by atoms with E-state index in [1.165, 1.54) is 31.4 Å². The Bertz CT molecular complexity index is 576. The molecule has 0 radical (unpaired) electrons. The number of hydrogen-bond donors (Lipinski definition) is 1. The first-order valence-electron chi connectivity index (χ1n) is 7.87. The summed E-state index contributed by atoms with van der Waals surface area (Å²) in [4.78, 5) is 22.1. The Kier molecular flexibility index (Phi) is 6.53. The molecule has 1 N–H and O–H groups in total. The molecule has 0 heterocycles. The second-order valence-corrected chi connectivity index (χ2v) is 5.49. The lowest BCUT2D eigenvalue weighted by molar-refractivity contribution is -0.385. The lowest BCUT2D eigenvalue weighted by Gasteiger charge is -2.11. The van der Waals surface area contributed by atoms with Gasteiger partial charge in [-0.2, -0.15) is 5.10 Å². The molecule has 0 unspecified atom stereocenters. The van der Waals surface area contributed by atoms with Crippen molar-refractivity contribution in [3.8, 4) is 5.75 Å². The zero-order chi connectivity index (χ0) is 16.5. The molecule has 1 aromatic rings. The smallest absolute Gasteiger partial charge is 0.310 e. The molecule has 7 nitrogen and oxygen atoms in total. The van der Waals surface area contributed by atoms with Crippen LogP contribution in [0.2, 0.25) is 0 Å². The molecule has 1 aliphatic carbocycles. The van der Waals surface area contributed by atoms with Gasteiger partial charge in [-0.25, -0.2) is 5.43 Å². The first-order chi connectivity index (χ1) is 11.2. The Morgan fingerprint density at radius 2 is 1.83 bits per heavy atom. The first-order valence-corrected chi connectivity index (χ1v) is 7.87. The van der Waals surface area contributed by atoms with Crippen LogP contribution in [0.4, 0.5) is 5.69 Å². The minimum atomic E-state index is -0.540. The van der Waals surface area contributed by atoms with Crippen molar-refractivity contribution in [3.63, 3.8) is 0 Å². The van der Waals surface area contributed by atoms with Crippen molar-refractivity contribution in [2.24, 2.45) is 5.10 Å². The van der Waals surface area contributed by atoms with E-state index in [-0.39, 0.29) is 18.0 Å². The van der Waals surface area contributed by atoms with Crippen molar-refractivity contribution in [3.05, 3.63) is 34.4 Å². The average Bonchev–Trinajstić information content (AvgIpc) is 2.52. The molecule has 1 aliphatic rings. The molecule has 7 heteroatoms. The van der Waals surface area contributed by atoms with E-state index in [0.29, 0.717) is 0 Å². The Balaban J connectivity index is 1.84. The fraction of sp³-hybridized carbons (Fsp3) is 0.500. The number of carbonyl (C=O) groups excluding carboxylic acids is 1. The topological polar surface area (TPSA) is 93.8 Å².